The van der Waals surface area contributed by atoms with Gasteiger partial charge in [0, 0.05) is 32.3 Å². The van der Waals surface area contributed by atoms with Gasteiger partial charge in [0.05, 0.1) is 4.92 Å². The van der Waals surface area contributed by atoms with Crippen LogP contribution in [0.2, 0.25) is 0 Å². The van der Waals surface area contributed by atoms with Gasteiger partial charge in [-0.15, -0.1) is 0 Å². The summed E-state index contributed by atoms with van der Waals surface area (Å²) >= 11 is 0. The molecule has 6 nitrogen and oxygen atoms in total. The molecule has 1 rings (SSSR count). The fraction of sp³-hybridized carbons (Fsp3) is 0.533. The summed E-state index contributed by atoms with van der Waals surface area (Å²) in [5, 5.41) is 14.2. The lowest BCUT2D eigenvalue weighted by Crippen LogP contribution is -2.21. The van der Waals surface area contributed by atoms with E-state index in [1.807, 2.05) is 0 Å². The minimum atomic E-state index is -0.466. The molecular formula is C15H23N3O3. The number of nitro benzene ring substituents is 1. The zero-order valence-corrected chi connectivity index (χ0v) is 13.3. The first-order chi connectivity index (χ1) is 9.61. The Labute approximate surface area is 125 Å². The summed E-state index contributed by atoms with van der Waals surface area (Å²) in [6.07, 6.45) is 0.891. The molecule has 0 bridgehead atoms. The van der Waals surface area contributed by atoms with Gasteiger partial charge in [-0.2, -0.15) is 0 Å². The Balaban J connectivity index is 2.95. The number of rotatable bonds is 5. The number of benzene rings is 1. The molecule has 0 radical (unpaired) electrons. The zero-order valence-electron chi connectivity index (χ0n) is 13.3. The third kappa shape index (κ3) is 5.06. The van der Waals surface area contributed by atoms with Crippen molar-refractivity contribution in [3.63, 3.8) is 0 Å². The van der Waals surface area contributed by atoms with E-state index in [0.717, 1.165) is 6.42 Å². The number of hydrogen-bond donors (Lipinski definition) is 1. The predicted molar refractivity (Wildman–Crippen MR) is 83.7 cm³/mol. The molecule has 1 amide bonds. The molecule has 0 spiro atoms. The van der Waals surface area contributed by atoms with Crippen LogP contribution in [0, 0.1) is 15.5 Å². The Morgan fingerprint density at radius 3 is 2.43 bits per heavy atom. The van der Waals surface area contributed by atoms with E-state index in [2.05, 4.69) is 26.1 Å². The van der Waals surface area contributed by atoms with Gasteiger partial charge in [0.15, 0.2) is 0 Å². The maximum absolute atomic E-state index is 11.9. The van der Waals surface area contributed by atoms with E-state index in [-0.39, 0.29) is 17.0 Å². The monoisotopic (exact) mass is 293 g/mol. The van der Waals surface area contributed by atoms with Gasteiger partial charge >= 0.3 is 0 Å². The molecule has 0 heterocycles. The van der Waals surface area contributed by atoms with Gasteiger partial charge in [-0.05, 0) is 24.0 Å². The average Bonchev–Trinajstić information content (AvgIpc) is 2.36. The molecule has 0 aliphatic carbocycles. The number of carbonyl (C=O) groups excluding carboxylic acids is 1. The number of nitrogens with zero attached hydrogens (tertiary/aromatic N) is 2. The molecule has 0 saturated heterocycles. The molecule has 0 saturated carbocycles. The number of carbonyl (C=O) groups is 1. The number of amides is 1. The van der Waals surface area contributed by atoms with E-state index in [9.17, 15) is 14.9 Å². The van der Waals surface area contributed by atoms with Crippen molar-refractivity contribution in [3.8, 4) is 0 Å². The Morgan fingerprint density at radius 2 is 1.95 bits per heavy atom. The summed E-state index contributed by atoms with van der Waals surface area (Å²) < 4.78 is 0. The van der Waals surface area contributed by atoms with Crippen LogP contribution in [0.25, 0.3) is 0 Å². The first-order valence-electron chi connectivity index (χ1n) is 6.86. The molecule has 0 atom stereocenters. The lowest BCUT2D eigenvalue weighted by atomic mass is 9.92. The Kier molecular flexibility index (Phi) is 5.29. The maximum Gasteiger partial charge on any atom is 0.293 e. The van der Waals surface area contributed by atoms with Crippen molar-refractivity contribution in [1.82, 2.24) is 4.90 Å². The third-order valence-electron chi connectivity index (χ3n) is 3.04. The highest BCUT2D eigenvalue weighted by Crippen LogP contribution is 2.27. The molecule has 1 N–H and O–H groups in total. The van der Waals surface area contributed by atoms with Gasteiger partial charge in [0.2, 0.25) is 0 Å². The molecule has 116 valence electrons. The van der Waals surface area contributed by atoms with Crippen LogP contribution in [0.1, 0.15) is 37.6 Å². The molecule has 1 aromatic rings. The van der Waals surface area contributed by atoms with Crippen LogP contribution < -0.4 is 5.32 Å². The van der Waals surface area contributed by atoms with Crippen molar-refractivity contribution >= 4 is 17.3 Å². The van der Waals surface area contributed by atoms with Crippen LogP contribution in [-0.2, 0) is 0 Å². The largest absolute Gasteiger partial charge is 0.379 e. The van der Waals surface area contributed by atoms with Crippen molar-refractivity contribution < 1.29 is 9.72 Å². The molecule has 0 unspecified atom stereocenters. The van der Waals surface area contributed by atoms with E-state index in [0.29, 0.717) is 17.8 Å². The number of anilines is 1. The first kappa shape index (κ1) is 16.9. The fourth-order valence-corrected chi connectivity index (χ4v) is 1.80. The van der Waals surface area contributed by atoms with E-state index in [1.54, 1.807) is 26.2 Å². The van der Waals surface area contributed by atoms with Gasteiger partial charge in [-0.25, -0.2) is 0 Å². The minimum Gasteiger partial charge on any atom is -0.379 e. The van der Waals surface area contributed by atoms with Gasteiger partial charge in [-0.1, -0.05) is 20.8 Å². The first-order valence-corrected chi connectivity index (χ1v) is 6.86. The van der Waals surface area contributed by atoms with Gasteiger partial charge in [-0.3, -0.25) is 14.9 Å². The van der Waals surface area contributed by atoms with Crippen molar-refractivity contribution in [1.29, 1.82) is 0 Å². The maximum atomic E-state index is 11.9. The second-order valence-electron chi connectivity index (χ2n) is 6.43. The van der Waals surface area contributed by atoms with Crippen molar-refractivity contribution in [2.45, 2.75) is 27.2 Å². The minimum absolute atomic E-state index is 0.0726. The Bertz CT molecular complexity index is 533. The molecule has 0 aliphatic heterocycles. The lowest BCUT2D eigenvalue weighted by Gasteiger charge is -2.18. The van der Waals surface area contributed by atoms with Gasteiger partial charge in [0.25, 0.3) is 11.6 Å². The molecule has 0 aliphatic rings. The van der Waals surface area contributed by atoms with Gasteiger partial charge in [0.1, 0.15) is 5.69 Å². The molecule has 6 heteroatoms. The zero-order chi connectivity index (χ0) is 16.2. The molecule has 21 heavy (non-hydrogen) atoms. The summed E-state index contributed by atoms with van der Waals surface area (Å²) in [5.74, 6) is -0.251. The normalized spacial score (nSPS) is 11.1. The van der Waals surface area contributed by atoms with Gasteiger partial charge < -0.3 is 10.2 Å². The highest BCUT2D eigenvalue weighted by Gasteiger charge is 2.19. The summed E-state index contributed by atoms with van der Waals surface area (Å²) in [4.78, 5) is 24.0. The molecular weight excluding hydrogens is 270 g/mol. The molecule has 0 aromatic heterocycles. The van der Waals surface area contributed by atoms with E-state index < -0.39 is 4.92 Å². The SMILES string of the molecule is CN(C)C(=O)c1ccc(NCCC(C)(C)C)c([N+](=O)[O-])c1. The Hall–Kier alpha value is -2.11. The summed E-state index contributed by atoms with van der Waals surface area (Å²) in [6.45, 7) is 6.98. The second-order valence-corrected chi connectivity index (χ2v) is 6.43. The lowest BCUT2D eigenvalue weighted by molar-refractivity contribution is -0.384. The highest BCUT2D eigenvalue weighted by molar-refractivity contribution is 5.95. The second kappa shape index (κ2) is 6.56. The number of nitro groups is 1. The molecule has 1 aromatic carbocycles. The standard InChI is InChI=1S/C15H23N3O3/c1-15(2,3)8-9-16-12-7-6-11(14(19)17(4)5)10-13(12)18(20)21/h6-7,10,16H,8-9H2,1-5H3. The van der Waals surface area contributed by atoms with Crippen molar-refractivity contribution in [3.05, 3.63) is 33.9 Å². The topological polar surface area (TPSA) is 75.5 Å². The van der Waals surface area contributed by atoms with Crippen LogP contribution >= 0.6 is 0 Å². The van der Waals surface area contributed by atoms with Crippen LogP contribution in [0.5, 0.6) is 0 Å². The smallest absolute Gasteiger partial charge is 0.293 e. The predicted octanol–water partition coefficient (Wildman–Crippen LogP) is 3.14. The van der Waals surface area contributed by atoms with E-state index in [4.69, 9.17) is 0 Å². The number of nitrogens with one attached hydrogen (secondary N) is 1. The van der Waals surface area contributed by atoms with Crippen LogP contribution in [0.3, 0.4) is 0 Å². The number of hydrogen-bond acceptors (Lipinski definition) is 4. The van der Waals surface area contributed by atoms with Crippen LogP contribution in [0.4, 0.5) is 11.4 Å². The average molecular weight is 293 g/mol. The van der Waals surface area contributed by atoms with Crippen molar-refractivity contribution in [2.75, 3.05) is 26.0 Å². The van der Waals surface area contributed by atoms with Crippen LogP contribution in [-0.4, -0.2) is 36.4 Å². The van der Waals surface area contributed by atoms with E-state index >= 15 is 0 Å². The van der Waals surface area contributed by atoms with E-state index in [1.165, 1.54) is 11.0 Å². The third-order valence-corrected chi connectivity index (χ3v) is 3.04. The van der Waals surface area contributed by atoms with Crippen molar-refractivity contribution in [2.24, 2.45) is 5.41 Å². The van der Waals surface area contributed by atoms with Crippen LogP contribution in [0.15, 0.2) is 18.2 Å². The summed E-state index contributed by atoms with van der Waals surface area (Å²) in [7, 11) is 3.23. The summed E-state index contributed by atoms with van der Waals surface area (Å²) in [5.41, 5.74) is 0.840. The highest BCUT2D eigenvalue weighted by atomic mass is 16.6. The molecule has 0 fully saturated rings. The quantitative estimate of drug-likeness (QED) is 0.668. The summed E-state index contributed by atoms with van der Waals surface area (Å²) in [6, 6.07) is 4.52. The Morgan fingerprint density at radius 1 is 1.33 bits per heavy atom. The fourth-order valence-electron chi connectivity index (χ4n) is 1.80.